The number of hydrogen-bond donors (Lipinski definition) is 2. The molecule has 1 amide bonds. The molecule has 98 valence electrons. The largest absolute Gasteiger partial charge is 0.356 e. The van der Waals surface area contributed by atoms with Crippen LogP contribution in [0.4, 0.5) is 5.69 Å². The molecule has 0 aliphatic heterocycles. The summed E-state index contributed by atoms with van der Waals surface area (Å²) < 4.78 is 0. The van der Waals surface area contributed by atoms with Crippen molar-refractivity contribution < 1.29 is 9.72 Å². The first kappa shape index (κ1) is 14.1. The number of carbonyl (C=O) groups is 1. The summed E-state index contributed by atoms with van der Waals surface area (Å²) in [5.41, 5.74) is 6.51. The van der Waals surface area contributed by atoms with E-state index in [-0.39, 0.29) is 17.6 Å². The number of amides is 1. The fourth-order valence-electron chi connectivity index (χ4n) is 1.50. The maximum atomic E-state index is 11.3. The maximum absolute atomic E-state index is 11.3. The second-order valence-electron chi connectivity index (χ2n) is 4.20. The summed E-state index contributed by atoms with van der Waals surface area (Å²) >= 11 is 0. The number of nitro benzene ring substituents is 1. The topological polar surface area (TPSA) is 98.3 Å². The van der Waals surface area contributed by atoms with Crippen molar-refractivity contribution in [2.24, 2.45) is 5.73 Å². The molecule has 1 aromatic carbocycles. The van der Waals surface area contributed by atoms with Gasteiger partial charge in [0.25, 0.3) is 5.69 Å². The molecule has 6 nitrogen and oxygen atoms in total. The average molecular weight is 251 g/mol. The van der Waals surface area contributed by atoms with Gasteiger partial charge in [0.15, 0.2) is 0 Å². The SMILES string of the molecule is CC(N)CC(=O)NCCc1ccc([N+](=O)[O-])cc1. The molecular weight excluding hydrogens is 234 g/mol. The lowest BCUT2D eigenvalue weighted by molar-refractivity contribution is -0.384. The summed E-state index contributed by atoms with van der Waals surface area (Å²) in [6.07, 6.45) is 0.947. The van der Waals surface area contributed by atoms with E-state index < -0.39 is 4.92 Å². The van der Waals surface area contributed by atoms with E-state index in [2.05, 4.69) is 5.32 Å². The number of nitrogens with two attached hydrogens (primary N) is 1. The van der Waals surface area contributed by atoms with Gasteiger partial charge in [0.1, 0.15) is 0 Å². The first-order valence-corrected chi connectivity index (χ1v) is 5.74. The van der Waals surface area contributed by atoms with Crippen LogP contribution in [0.2, 0.25) is 0 Å². The Bertz CT molecular complexity index is 415. The van der Waals surface area contributed by atoms with Gasteiger partial charge in [0.05, 0.1) is 4.92 Å². The molecule has 1 unspecified atom stereocenters. The van der Waals surface area contributed by atoms with E-state index in [4.69, 9.17) is 5.73 Å². The normalized spacial score (nSPS) is 11.9. The van der Waals surface area contributed by atoms with Gasteiger partial charge in [-0.2, -0.15) is 0 Å². The highest BCUT2D eigenvalue weighted by Crippen LogP contribution is 2.11. The first-order valence-electron chi connectivity index (χ1n) is 5.74. The van der Waals surface area contributed by atoms with Gasteiger partial charge in [-0.05, 0) is 18.9 Å². The Labute approximate surface area is 105 Å². The number of non-ortho nitro benzene ring substituents is 1. The Morgan fingerprint density at radius 3 is 2.56 bits per heavy atom. The number of nitrogens with one attached hydrogen (secondary N) is 1. The molecule has 1 aromatic rings. The second-order valence-corrected chi connectivity index (χ2v) is 4.20. The van der Waals surface area contributed by atoms with E-state index >= 15 is 0 Å². The molecule has 0 bridgehead atoms. The molecule has 0 aliphatic carbocycles. The summed E-state index contributed by atoms with van der Waals surface area (Å²) in [6, 6.07) is 6.15. The van der Waals surface area contributed by atoms with Crippen LogP contribution < -0.4 is 11.1 Å². The monoisotopic (exact) mass is 251 g/mol. The number of hydrogen-bond acceptors (Lipinski definition) is 4. The second kappa shape index (κ2) is 6.70. The van der Waals surface area contributed by atoms with Crippen molar-refractivity contribution in [2.75, 3.05) is 6.54 Å². The van der Waals surface area contributed by atoms with E-state index in [1.165, 1.54) is 12.1 Å². The van der Waals surface area contributed by atoms with Crippen LogP contribution in [0.15, 0.2) is 24.3 Å². The van der Waals surface area contributed by atoms with Crippen LogP contribution in [0, 0.1) is 10.1 Å². The molecule has 6 heteroatoms. The third-order valence-corrected chi connectivity index (χ3v) is 2.39. The van der Waals surface area contributed by atoms with Crippen molar-refractivity contribution in [3.8, 4) is 0 Å². The molecule has 0 aromatic heterocycles. The highest BCUT2D eigenvalue weighted by molar-refractivity contribution is 5.76. The van der Waals surface area contributed by atoms with Crippen LogP contribution >= 0.6 is 0 Å². The van der Waals surface area contributed by atoms with Gasteiger partial charge in [0.2, 0.25) is 5.91 Å². The third kappa shape index (κ3) is 4.92. The highest BCUT2D eigenvalue weighted by Gasteiger charge is 2.05. The van der Waals surface area contributed by atoms with Crippen molar-refractivity contribution in [2.45, 2.75) is 25.8 Å². The van der Waals surface area contributed by atoms with Crippen LogP contribution in [0.5, 0.6) is 0 Å². The van der Waals surface area contributed by atoms with Gasteiger partial charge in [-0.3, -0.25) is 14.9 Å². The summed E-state index contributed by atoms with van der Waals surface area (Å²) in [7, 11) is 0. The molecule has 18 heavy (non-hydrogen) atoms. The minimum Gasteiger partial charge on any atom is -0.356 e. The minimum atomic E-state index is -0.436. The van der Waals surface area contributed by atoms with E-state index in [1.54, 1.807) is 19.1 Å². The minimum absolute atomic E-state index is 0.0692. The molecular formula is C12H17N3O3. The number of benzene rings is 1. The van der Waals surface area contributed by atoms with Crippen LogP contribution in [-0.2, 0) is 11.2 Å². The van der Waals surface area contributed by atoms with Crippen LogP contribution in [0.3, 0.4) is 0 Å². The van der Waals surface area contributed by atoms with Crippen LogP contribution in [0.1, 0.15) is 18.9 Å². The maximum Gasteiger partial charge on any atom is 0.269 e. The number of nitro groups is 1. The molecule has 1 atom stereocenters. The molecule has 1 rings (SSSR count). The molecule has 3 N–H and O–H groups in total. The van der Waals surface area contributed by atoms with Gasteiger partial charge in [-0.25, -0.2) is 0 Å². The summed E-state index contributed by atoms with van der Waals surface area (Å²) in [6.45, 7) is 2.28. The number of nitrogens with zero attached hydrogens (tertiary/aromatic N) is 1. The Balaban J connectivity index is 2.35. The fraction of sp³-hybridized carbons (Fsp3) is 0.417. The Hall–Kier alpha value is -1.95. The number of rotatable bonds is 6. The van der Waals surface area contributed by atoms with Gasteiger partial charge >= 0.3 is 0 Å². The molecule has 0 fully saturated rings. The van der Waals surface area contributed by atoms with Gasteiger partial charge < -0.3 is 11.1 Å². The predicted molar refractivity (Wildman–Crippen MR) is 68.1 cm³/mol. The van der Waals surface area contributed by atoms with E-state index in [1.807, 2.05) is 0 Å². The zero-order valence-electron chi connectivity index (χ0n) is 10.3. The van der Waals surface area contributed by atoms with E-state index in [0.717, 1.165) is 5.56 Å². The number of carbonyl (C=O) groups excluding carboxylic acids is 1. The van der Waals surface area contributed by atoms with Crippen molar-refractivity contribution in [3.05, 3.63) is 39.9 Å². The van der Waals surface area contributed by atoms with Crippen LogP contribution in [0.25, 0.3) is 0 Å². The van der Waals surface area contributed by atoms with E-state index in [9.17, 15) is 14.9 Å². The summed E-state index contributed by atoms with van der Waals surface area (Å²) in [4.78, 5) is 21.3. The van der Waals surface area contributed by atoms with Crippen molar-refractivity contribution in [3.63, 3.8) is 0 Å². The van der Waals surface area contributed by atoms with E-state index in [0.29, 0.717) is 19.4 Å². The third-order valence-electron chi connectivity index (χ3n) is 2.39. The van der Waals surface area contributed by atoms with Gasteiger partial charge in [0, 0.05) is 31.1 Å². The standard InChI is InChI=1S/C12H17N3O3/c1-9(13)8-12(16)14-7-6-10-2-4-11(5-3-10)15(17)18/h2-5,9H,6-8,13H2,1H3,(H,14,16). The Kier molecular flexibility index (Phi) is 5.26. The first-order chi connectivity index (χ1) is 8.49. The molecule has 0 heterocycles. The quantitative estimate of drug-likeness (QED) is 0.581. The lowest BCUT2D eigenvalue weighted by Crippen LogP contribution is -2.31. The predicted octanol–water partition coefficient (Wildman–Crippen LogP) is 0.991. The molecule has 0 saturated carbocycles. The van der Waals surface area contributed by atoms with Gasteiger partial charge in [-0.1, -0.05) is 12.1 Å². The zero-order valence-corrected chi connectivity index (χ0v) is 10.3. The molecule has 0 saturated heterocycles. The Morgan fingerprint density at radius 2 is 2.06 bits per heavy atom. The van der Waals surface area contributed by atoms with Crippen molar-refractivity contribution in [1.29, 1.82) is 0 Å². The molecule has 0 spiro atoms. The lowest BCUT2D eigenvalue weighted by Gasteiger charge is -2.07. The summed E-state index contributed by atoms with van der Waals surface area (Å²) in [5, 5.41) is 13.2. The van der Waals surface area contributed by atoms with Crippen molar-refractivity contribution >= 4 is 11.6 Å². The van der Waals surface area contributed by atoms with Crippen molar-refractivity contribution in [1.82, 2.24) is 5.32 Å². The summed E-state index contributed by atoms with van der Waals surface area (Å²) in [5.74, 6) is -0.0769. The zero-order chi connectivity index (χ0) is 13.5. The molecule has 0 radical (unpaired) electrons. The average Bonchev–Trinajstić information content (AvgIpc) is 2.28. The lowest BCUT2D eigenvalue weighted by atomic mass is 10.1. The fourth-order valence-corrected chi connectivity index (χ4v) is 1.50. The highest BCUT2D eigenvalue weighted by atomic mass is 16.6. The Morgan fingerprint density at radius 1 is 1.44 bits per heavy atom. The van der Waals surface area contributed by atoms with Gasteiger partial charge in [-0.15, -0.1) is 0 Å². The molecule has 0 aliphatic rings. The smallest absolute Gasteiger partial charge is 0.269 e. The van der Waals surface area contributed by atoms with Crippen LogP contribution in [-0.4, -0.2) is 23.4 Å².